The van der Waals surface area contributed by atoms with Gasteiger partial charge in [-0.25, -0.2) is 0 Å². The number of aromatic hydroxyl groups is 1. The van der Waals surface area contributed by atoms with Crippen LogP contribution >= 0.6 is 21.6 Å². The SMILES string of the molecule is N[C@@H]1NC[C@]23CSSCc4c(CCC(=O)C[C@H](O)[C@@H]5C=C[C@@H](C6CCCCC6)C[C@H]5O)c(O)cc5c4O[C@H]4[C@@H](C#C[C@H](O)c6ccc1c2c6[C@@H](c1c[nH]c2cn4cc12)C1(CCCC1)C3)C1(C#CO5)CCCC1. The molecule has 5 aliphatic carbocycles. The second kappa shape index (κ2) is 18.5. The van der Waals surface area contributed by atoms with Crippen molar-refractivity contribution in [3.8, 4) is 41.1 Å². The number of carbonyl (C=O) groups is 1. The Labute approximate surface area is 430 Å². The van der Waals surface area contributed by atoms with E-state index in [1.165, 1.54) is 48.8 Å². The lowest BCUT2D eigenvalue weighted by Gasteiger charge is -2.56. The first-order valence-electron chi connectivity index (χ1n) is 27.1. The van der Waals surface area contributed by atoms with E-state index in [9.17, 15) is 25.2 Å². The van der Waals surface area contributed by atoms with E-state index in [1.54, 1.807) is 16.9 Å². The third-order valence-electron chi connectivity index (χ3n) is 19.3. The van der Waals surface area contributed by atoms with E-state index >= 15 is 0 Å². The molecule has 11 aliphatic rings. The van der Waals surface area contributed by atoms with Crippen LogP contribution in [0.25, 0.3) is 10.9 Å². The fourth-order valence-corrected chi connectivity index (χ4v) is 18.5. The van der Waals surface area contributed by atoms with Crippen molar-refractivity contribution < 1.29 is 34.7 Å². The van der Waals surface area contributed by atoms with Gasteiger partial charge >= 0.3 is 0 Å². The molecule has 0 unspecified atom stereocenters. The van der Waals surface area contributed by atoms with Gasteiger partial charge in [-0.15, -0.1) is 0 Å². The highest BCUT2D eigenvalue weighted by Gasteiger charge is 2.58. The van der Waals surface area contributed by atoms with Crippen LogP contribution in [0, 0.1) is 58.4 Å². The summed E-state index contributed by atoms with van der Waals surface area (Å²) in [6.07, 6.45) is 25.8. The average Bonchev–Trinajstić information content (AvgIpc) is 4.21. The number of hydrogen-bond donors (Lipinski definition) is 7. The second-order valence-corrected chi connectivity index (χ2v) is 25.8. The maximum atomic E-state index is 14.0. The van der Waals surface area contributed by atoms with Gasteiger partial charge in [-0.2, -0.15) is 0 Å². The largest absolute Gasteiger partial charge is 0.508 e. The molecule has 2 aromatic heterocycles. The number of nitrogens with zero attached hydrogens (tertiary/aromatic N) is 1. The number of ether oxygens (including phenoxy) is 2. The van der Waals surface area contributed by atoms with E-state index in [4.69, 9.17) is 15.2 Å². The van der Waals surface area contributed by atoms with Crippen LogP contribution in [0.2, 0.25) is 0 Å². The molecule has 11 nitrogen and oxygen atoms in total. The average molecular weight is 1010 g/mol. The van der Waals surface area contributed by atoms with Gasteiger partial charge in [0.2, 0.25) is 0 Å². The Morgan fingerprint density at radius 1 is 0.972 bits per heavy atom. The van der Waals surface area contributed by atoms with Gasteiger partial charge in [0.25, 0.3) is 0 Å². The fourth-order valence-electron chi connectivity index (χ4n) is 15.8. The van der Waals surface area contributed by atoms with Crippen LogP contribution in [0.1, 0.15) is 173 Å². The molecule has 378 valence electrons. The number of aromatic amines is 1. The Balaban J connectivity index is 0.933. The summed E-state index contributed by atoms with van der Waals surface area (Å²) in [6.45, 7) is 0.705. The van der Waals surface area contributed by atoms with Gasteiger partial charge in [-0.1, -0.05) is 109 Å². The van der Waals surface area contributed by atoms with Crippen molar-refractivity contribution in [2.24, 2.45) is 40.2 Å². The molecule has 10 atom stereocenters. The van der Waals surface area contributed by atoms with Gasteiger partial charge < -0.3 is 45.2 Å². The molecule has 8 heterocycles. The summed E-state index contributed by atoms with van der Waals surface area (Å²) in [4.78, 5) is 17.7. The normalized spacial score (nSPS) is 32.2. The number of aliphatic hydroxyl groups excluding tert-OH is 3. The molecule has 3 saturated carbocycles. The Bertz CT molecular complexity index is 2960. The number of ketones is 1. The lowest BCUT2D eigenvalue weighted by molar-refractivity contribution is -0.122. The predicted octanol–water partition coefficient (Wildman–Crippen LogP) is 10.0. The van der Waals surface area contributed by atoms with Crippen LogP contribution in [0.3, 0.4) is 0 Å². The van der Waals surface area contributed by atoms with Crippen LogP contribution in [0.15, 0.2) is 48.9 Å². The topological polar surface area (TPSA) is 175 Å². The van der Waals surface area contributed by atoms with Gasteiger partial charge in [0.1, 0.15) is 23.7 Å². The molecule has 4 aromatic rings. The number of hydrogen-bond acceptors (Lipinski definition) is 11. The standard InChI is InChI=1S/C59H68N4O7S2/c60-55-40-15-14-39-46(65)17-16-44-56-63-28-42-41(27-61-45(42)29-63)53-51(39)52(40)59(32-62-55,31-58(53)20-6-7-21-58)33-72-71-30-43-37(49(68)26-50(54(43)70-56)69-23-22-57(44)18-4-5-19-57)13-11-36(64)25-48(67)38-12-10-35(24-47(38)66)34-8-2-1-3-9-34/h10,12,14-15,26-29,34-35,38,44,46-48,53,55-56,61-62,65-68H,1-9,11,13,18-21,24-25,30-33,60H2/t35-,38-,44-,46+,47-,48+,53-,55-,56+,59-/m1/s1. The lowest BCUT2D eigenvalue weighted by Crippen LogP contribution is -2.56. The summed E-state index contributed by atoms with van der Waals surface area (Å²) in [7, 11) is 3.53. The zero-order chi connectivity index (χ0) is 48.9. The van der Waals surface area contributed by atoms with Crippen molar-refractivity contribution in [1.82, 2.24) is 14.9 Å². The molecule has 8 N–H and O–H groups in total. The summed E-state index contributed by atoms with van der Waals surface area (Å²) in [5.41, 5.74) is 14.0. The van der Waals surface area contributed by atoms with E-state index < -0.39 is 41.8 Å². The summed E-state index contributed by atoms with van der Waals surface area (Å²) in [6, 6.07) is 5.84. The van der Waals surface area contributed by atoms with Crippen molar-refractivity contribution in [3.63, 3.8) is 0 Å². The molecule has 0 saturated heterocycles. The van der Waals surface area contributed by atoms with Crippen molar-refractivity contribution in [1.29, 1.82) is 0 Å². The van der Waals surface area contributed by atoms with E-state index in [2.05, 4.69) is 75.5 Å². The first kappa shape index (κ1) is 47.4. The van der Waals surface area contributed by atoms with E-state index in [0.717, 1.165) is 91.1 Å². The van der Waals surface area contributed by atoms with Gasteiger partial charge in [-0.05, 0) is 103 Å². The maximum Gasteiger partial charge on any atom is 0.191 e. The van der Waals surface area contributed by atoms with Gasteiger partial charge in [0.05, 0.1) is 35.2 Å². The van der Waals surface area contributed by atoms with Crippen molar-refractivity contribution in [2.45, 2.75) is 163 Å². The maximum absolute atomic E-state index is 14.0. The van der Waals surface area contributed by atoms with Crippen LogP contribution in [-0.2, 0) is 22.4 Å². The number of fused-ring (bicyclic) bond motifs is 1. The van der Waals surface area contributed by atoms with Crippen molar-refractivity contribution in [3.05, 3.63) is 87.9 Å². The van der Waals surface area contributed by atoms with Crippen molar-refractivity contribution >= 4 is 38.3 Å². The Kier molecular flexibility index (Phi) is 12.2. The number of benzene rings is 2. The number of nitrogens with one attached hydrogen (secondary N) is 2. The molecule has 2 aromatic carbocycles. The van der Waals surface area contributed by atoms with E-state index in [-0.39, 0.29) is 53.7 Å². The number of nitrogens with two attached hydrogens (primary N) is 1. The highest BCUT2D eigenvalue weighted by atomic mass is 33.1. The lowest BCUT2D eigenvalue weighted by atomic mass is 9.51. The van der Waals surface area contributed by atoms with Crippen molar-refractivity contribution in [2.75, 3.05) is 12.3 Å². The predicted molar refractivity (Wildman–Crippen MR) is 281 cm³/mol. The first-order chi connectivity index (χ1) is 35.0. The van der Waals surface area contributed by atoms with Crippen LogP contribution < -0.4 is 20.5 Å². The van der Waals surface area contributed by atoms with Gasteiger partial charge in [-0.3, -0.25) is 10.1 Å². The van der Waals surface area contributed by atoms with Crippen LogP contribution in [0.4, 0.5) is 0 Å². The van der Waals surface area contributed by atoms with E-state index in [0.29, 0.717) is 47.6 Å². The number of rotatable bonds is 7. The third-order valence-corrected chi connectivity index (χ3v) is 21.8. The number of carbonyl (C=O) groups excluding carboxylic acids is 1. The molecule has 6 aliphatic heterocycles. The van der Waals surface area contributed by atoms with Crippen LogP contribution in [0.5, 0.6) is 17.2 Å². The number of phenols is 1. The number of phenolic OH excluding ortho intramolecular Hbond substituents is 1. The Morgan fingerprint density at radius 2 is 1.78 bits per heavy atom. The summed E-state index contributed by atoms with van der Waals surface area (Å²) < 4.78 is 16.2. The van der Waals surface area contributed by atoms with E-state index in [1.807, 2.05) is 16.9 Å². The molecule has 72 heavy (non-hydrogen) atoms. The highest BCUT2D eigenvalue weighted by Crippen LogP contribution is 2.66. The molecular weight excluding hydrogens is 941 g/mol. The highest BCUT2D eigenvalue weighted by molar-refractivity contribution is 8.76. The molecular formula is C59H68N4O7S2. The number of H-pyrrole nitrogens is 1. The third kappa shape index (κ3) is 7.80. The number of aromatic nitrogens is 2. The fraction of sp³-hybridized carbons (Fsp3) is 0.576. The second-order valence-electron chi connectivity index (χ2n) is 23.3. The van der Waals surface area contributed by atoms with Gasteiger partial charge in [0.15, 0.2) is 17.7 Å². The Morgan fingerprint density at radius 3 is 2.60 bits per heavy atom. The number of Topliss-reactive ketones (excluding diaryl/α,β-unsaturated/α-hetero) is 1. The first-order valence-corrected chi connectivity index (χ1v) is 29.6. The quantitative estimate of drug-likeness (QED) is 0.0533. The molecule has 0 amide bonds. The number of aliphatic hydroxyl groups is 3. The molecule has 0 radical (unpaired) electrons. The summed E-state index contributed by atoms with van der Waals surface area (Å²) >= 11 is 0. The molecule has 10 bridgehead atoms. The molecule has 3 fully saturated rings. The molecule has 3 spiro atoms. The summed E-state index contributed by atoms with van der Waals surface area (Å²) in [5, 5.41) is 52.6. The number of allylic oxidation sites excluding steroid dienone is 1. The monoisotopic (exact) mass is 1010 g/mol. The minimum atomic E-state index is -1.08. The van der Waals surface area contributed by atoms with Crippen LogP contribution in [-0.4, -0.2) is 60.3 Å². The minimum Gasteiger partial charge on any atom is -0.508 e. The zero-order valence-corrected chi connectivity index (χ0v) is 42.7. The summed E-state index contributed by atoms with van der Waals surface area (Å²) in [5.74, 6) is 12.5. The zero-order valence-electron chi connectivity index (χ0n) is 41.1. The molecule has 13 heteroatoms. The van der Waals surface area contributed by atoms with Gasteiger partial charge in [0, 0.05) is 89.3 Å². The molecule has 15 rings (SSSR count). The smallest absolute Gasteiger partial charge is 0.191 e. The Hall–Kier alpha value is -4.31. The minimum absolute atomic E-state index is 0.00212.